The normalized spacial score (nSPS) is 36.8. The van der Waals surface area contributed by atoms with E-state index in [0.29, 0.717) is 34.6 Å². The van der Waals surface area contributed by atoms with Crippen LogP contribution < -0.4 is 10.2 Å². The molecule has 1 amide bonds. The smallest absolute Gasteiger partial charge is 0.225 e. The van der Waals surface area contributed by atoms with Crippen molar-refractivity contribution in [2.75, 3.05) is 11.4 Å². The molecule has 0 unspecified atom stereocenters. The lowest BCUT2D eigenvalue weighted by atomic mass is 9.94. The number of nitrogens with one attached hydrogen (secondary N) is 1. The number of piperidine rings is 1. The zero-order valence-corrected chi connectivity index (χ0v) is 15.7. The van der Waals surface area contributed by atoms with Crippen molar-refractivity contribution in [3.8, 4) is 6.19 Å². The second kappa shape index (κ2) is 5.94. The molecule has 1 aromatic rings. The van der Waals surface area contributed by atoms with E-state index in [1.807, 2.05) is 17.0 Å². The summed E-state index contributed by atoms with van der Waals surface area (Å²) in [6, 6.07) is 6.61. The van der Waals surface area contributed by atoms with Crippen LogP contribution in [0.25, 0.3) is 0 Å². The number of amides is 1. The first kappa shape index (κ1) is 16.5. The standard InChI is InChI=1S/C19H20Cl2N4O/c20-10-3-11(21)5-13(4-10)24-8-15(14-7-18(14)24)19(26)23-16-6-12-1-2-17(16)25(12)9-22/h3-5,12,14-18H,1-2,6-8H2,(H,23,26)/t12-,14-,15+,16+,17+,18-/m0/s1. The molecular formula is C19H20Cl2N4O. The van der Waals surface area contributed by atoms with E-state index >= 15 is 0 Å². The van der Waals surface area contributed by atoms with Gasteiger partial charge in [-0.15, -0.1) is 0 Å². The molecule has 5 nitrogen and oxygen atoms in total. The van der Waals surface area contributed by atoms with Crippen LogP contribution in [0.5, 0.6) is 0 Å². The van der Waals surface area contributed by atoms with Gasteiger partial charge in [-0.2, -0.15) is 5.26 Å². The predicted molar refractivity (Wildman–Crippen MR) is 100 cm³/mol. The maximum absolute atomic E-state index is 12.9. The first-order chi connectivity index (χ1) is 12.5. The van der Waals surface area contributed by atoms with Gasteiger partial charge in [-0.3, -0.25) is 4.79 Å². The topological polar surface area (TPSA) is 59.4 Å². The summed E-state index contributed by atoms with van der Waals surface area (Å²) in [5.74, 6) is 0.564. The Hall–Kier alpha value is -1.64. The summed E-state index contributed by atoms with van der Waals surface area (Å²) in [7, 11) is 0. The average molecular weight is 391 g/mol. The second-order valence-electron chi connectivity index (χ2n) is 8.01. The van der Waals surface area contributed by atoms with Gasteiger partial charge in [0.05, 0.1) is 18.0 Å². The Morgan fingerprint density at radius 1 is 1.15 bits per heavy atom. The van der Waals surface area contributed by atoms with E-state index in [0.717, 1.165) is 31.4 Å². The molecule has 5 rings (SSSR count). The summed E-state index contributed by atoms with van der Waals surface area (Å²) in [6.07, 6.45) is 6.33. The van der Waals surface area contributed by atoms with Gasteiger partial charge in [-0.1, -0.05) is 23.2 Å². The van der Waals surface area contributed by atoms with Crippen LogP contribution >= 0.6 is 23.2 Å². The van der Waals surface area contributed by atoms with Gasteiger partial charge in [-0.25, -0.2) is 0 Å². The number of carbonyl (C=O) groups is 1. The summed E-state index contributed by atoms with van der Waals surface area (Å²) in [6.45, 7) is 0.709. The number of nitriles is 1. The number of halogens is 2. The summed E-state index contributed by atoms with van der Waals surface area (Å²) >= 11 is 12.3. The number of nitrogens with zero attached hydrogens (tertiary/aromatic N) is 3. The first-order valence-electron chi connectivity index (χ1n) is 9.26. The van der Waals surface area contributed by atoms with Gasteiger partial charge >= 0.3 is 0 Å². The van der Waals surface area contributed by atoms with E-state index in [4.69, 9.17) is 23.2 Å². The van der Waals surface area contributed by atoms with Crippen LogP contribution in [0.2, 0.25) is 10.0 Å². The lowest BCUT2D eigenvalue weighted by Gasteiger charge is -2.26. The minimum atomic E-state index is 0.00687. The van der Waals surface area contributed by atoms with Gasteiger partial charge in [0.25, 0.3) is 0 Å². The average Bonchev–Trinajstić information content (AvgIpc) is 2.99. The number of hydrogen-bond donors (Lipinski definition) is 1. The van der Waals surface area contributed by atoms with Crippen molar-refractivity contribution in [2.45, 2.75) is 49.9 Å². The maximum atomic E-state index is 12.9. The summed E-state index contributed by atoms with van der Waals surface area (Å²) < 4.78 is 0. The van der Waals surface area contributed by atoms with Crippen molar-refractivity contribution < 1.29 is 4.79 Å². The number of carbonyl (C=O) groups excluding carboxylic acids is 1. The predicted octanol–water partition coefficient (Wildman–Crippen LogP) is 3.02. The fourth-order valence-corrected chi connectivity index (χ4v) is 5.86. The molecule has 0 aromatic heterocycles. The molecule has 2 bridgehead atoms. The number of anilines is 1. The second-order valence-corrected chi connectivity index (χ2v) is 8.88. The highest BCUT2D eigenvalue weighted by Gasteiger charge is 2.56. The van der Waals surface area contributed by atoms with Gasteiger partial charge < -0.3 is 15.1 Å². The molecule has 1 aromatic carbocycles. The third-order valence-electron chi connectivity index (χ3n) is 6.61. The molecule has 1 saturated carbocycles. The first-order valence-corrected chi connectivity index (χ1v) is 10.0. The Kier molecular flexibility index (Phi) is 3.77. The lowest BCUT2D eigenvalue weighted by Crippen LogP contribution is -2.46. The molecule has 136 valence electrons. The summed E-state index contributed by atoms with van der Waals surface area (Å²) in [5.41, 5.74) is 1.00. The summed E-state index contributed by atoms with van der Waals surface area (Å²) in [4.78, 5) is 17.1. The van der Waals surface area contributed by atoms with Crippen LogP contribution in [-0.4, -0.2) is 41.5 Å². The fourth-order valence-electron chi connectivity index (χ4n) is 5.34. The number of benzene rings is 1. The number of hydrogen-bond acceptors (Lipinski definition) is 4. The van der Waals surface area contributed by atoms with E-state index < -0.39 is 0 Å². The molecule has 7 heteroatoms. The molecule has 1 aliphatic carbocycles. The highest BCUT2D eigenvalue weighted by Crippen LogP contribution is 2.50. The zero-order chi connectivity index (χ0) is 18.0. The molecule has 26 heavy (non-hydrogen) atoms. The van der Waals surface area contributed by atoms with Gasteiger partial charge in [-0.05, 0) is 49.8 Å². The molecule has 3 heterocycles. The van der Waals surface area contributed by atoms with Crippen molar-refractivity contribution in [2.24, 2.45) is 11.8 Å². The van der Waals surface area contributed by atoms with E-state index in [-0.39, 0.29) is 23.9 Å². The lowest BCUT2D eigenvalue weighted by molar-refractivity contribution is -0.125. The van der Waals surface area contributed by atoms with Gasteiger partial charge in [0.2, 0.25) is 5.91 Å². The molecule has 4 fully saturated rings. The highest BCUT2D eigenvalue weighted by atomic mass is 35.5. The van der Waals surface area contributed by atoms with Crippen molar-refractivity contribution in [3.63, 3.8) is 0 Å². The quantitative estimate of drug-likeness (QED) is 0.805. The van der Waals surface area contributed by atoms with Crippen molar-refractivity contribution in [3.05, 3.63) is 28.2 Å². The Labute approximate surface area is 162 Å². The molecule has 4 aliphatic rings. The number of rotatable bonds is 3. The minimum absolute atomic E-state index is 0.00687. The van der Waals surface area contributed by atoms with Crippen LogP contribution in [-0.2, 0) is 4.79 Å². The van der Waals surface area contributed by atoms with Crippen molar-refractivity contribution in [1.29, 1.82) is 5.26 Å². The maximum Gasteiger partial charge on any atom is 0.225 e. The van der Waals surface area contributed by atoms with E-state index in [1.54, 1.807) is 6.07 Å². The minimum Gasteiger partial charge on any atom is -0.367 e. The van der Waals surface area contributed by atoms with Crippen LogP contribution in [0.3, 0.4) is 0 Å². The SMILES string of the molecule is N#CN1[C@H]2CC[C@@H]1[C@H](NC(=O)[C@@H]1CN(c3cc(Cl)cc(Cl)c3)[C@H]3C[C@@H]13)C2. The molecule has 0 spiro atoms. The van der Waals surface area contributed by atoms with E-state index in [9.17, 15) is 10.1 Å². The van der Waals surface area contributed by atoms with Crippen molar-refractivity contribution >= 4 is 34.8 Å². The van der Waals surface area contributed by atoms with Crippen LogP contribution in [0.4, 0.5) is 5.69 Å². The molecule has 3 aliphatic heterocycles. The zero-order valence-electron chi connectivity index (χ0n) is 14.2. The third kappa shape index (κ3) is 2.54. The van der Waals surface area contributed by atoms with Gasteiger partial charge in [0, 0.05) is 34.4 Å². The third-order valence-corrected chi connectivity index (χ3v) is 7.05. The molecule has 0 radical (unpaired) electrons. The Morgan fingerprint density at radius 2 is 1.92 bits per heavy atom. The Morgan fingerprint density at radius 3 is 2.62 bits per heavy atom. The Bertz CT molecular complexity index is 789. The van der Waals surface area contributed by atoms with E-state index in [1.165, 1.54) is 0 Å². The fraction of sp³-hybridized carbons (Fsp3) is 0.579. The molecule has 6 atom stereocenters. The van der Waals surface area contributed by atoms with Crippen LogP contribution in [0.1, 0.15) is 25.7 Å². The molecular weight excluding hydrogens is 371 g/mol. The monoisotopic (exact) mass is 390 g/mol. The summed E-state index contributed by atoms with van der Waals surface area (Å²) in [5, 5.41) is 13.8. The van der Waals surface area contributed by atoms with Gasteiger partial charge in [0.15, 0.2) is 6.19 Å². The largest absolute Gasteiger partial charge is 0.367 e. The molecule has 1 N–H and O–H groups in total. The van der Waals surface area contributed by atoms with Crippen molar-refractivity contribution in [1.82, 2.24) is 10.2 Å². The Balaban J connectivity index is 1.27. The highest BCUT2D eigenvalue weighted by molar-refractivity contribution is 6.35. The van der Waals surface area contributed by atoms with Crippen LogP contribution in [0.15, 0.2) is 18.2 Å². The van der Waals surface area contributed by atoms with Crippen LogP contribution in [0, 0.1) is 23.3 Å². The number of fused-ring (bicyclic) bond motifs is 3. The molecule has 3 saturated heterocycles. The van der Waals surface area contributed by atoms with Gasteiger partial charge in [0.1, 0.15) is 0 Å². The van der Waals surface area contributed by atoms with E-state index in [2.05, 4.69) is 16.4 Å².